The van der Waals surface area contributed by atoms with Crippen LogP contribution in [-0.4, -0.2) is 19.7 Å². The van der Waals surface area contributed by atoms with Crippen molar-refractivity contribution in [2.75, 3.05) is 0 Å². The SMILES string of the molecule is Cc1cccc(-c2nnc3n2-c2ccc(F)cc2CC(C)C3)n1. The van der Waals surface area contributed by atoms with E-state index in [0.29, 0.717) is 11.7 Å². The molecule has 5 heteroatoms. The second-order valence-corrected chi connectivity index (χ2v) is 6.23. The van der Waals surface area contributed by atoms with Crippen molar-refractivity contribution in [3.8, 4) is 17.2 Å². The average molecular weight is 308 g/mol. The minimum absolute atomic E-state index is 0.206. The number of benzene rings is 1. The Bertz CT molecular complexity index is 884. The number of halogens is 1. The fourth-order valence-electron chi connectivity index (χ4n) is 3.23. The Morgan fingerprint density at radius 1 is 1.13 bits per heavy atom. The van der Waals surface area contributed by atoms with Crippen LogP contribution in [0.15, 0.2) is 36.4 Å². The third-order valence-corrected chi connectivity index (χ3v) is 4.23. The highest BCUT2D eigenvalue weighted by atomic mass is 19.1. The number of pyridine rings is 1. The molecule has 3 heterocycles. The van der Waals surface area contributed by atoms with Crippen molar-refractivity contribution < 1.29 is 4.39 Å². The molecule has 0 amide bonds. The van der Waals surface area contributed by atoms with Crippen molar-refractivity contribution in [3.63, 3.8) is 0 Å². The van der Waals surface area contributed by atoms with E-state index in [9.17, 15) is 4.39 Å². The quantitative estimate of drug-likeness (QED) is 0.691. The zero-order valence-electron chi connectivity index (χ0n) is 13.1. The third kappa shape index (κ3) is 2.42. The Morgan fingerprint density at radius 3 is 2.83 bits per heavy atom. The number of nitrogens with zero attached hydrogens (tertiary/aromatic N) is 4. The Morgan fingerprint density at radius 2 is 2.00 bits per heavy atom. The number of aromatic nitrogens is 4. The molecule has 0 radical (unpaired) electrons. The summed E-state index contributed by atoms with van der Waals surface area (Å²) in [5.41, 5.74) is 3.66. The molecule has 0 spiro atoms. The van der Waals surface area contributed by atoms with E-state index in [-0.39, 0.29) is 5.82 Å². The van der Waals surface area contributed by atoms with E-state index in [1.165, 1.54) is 6.07 Å². The highest BCUT2D eigenvalue weighted by molar-refractivity contribution is 5.57. The van der Waals surface area contributed by atoms with E-state index in [4.69, 9.17) is 0 Å². The number of aryl methyl sites for hydroxylation is 1. The molecule has 1 aliphatic heterocycles. The summed E-state index contributed by atoms with van der Waals surface area (Å²) < 4.78 is 15.7. The molecule has 1 aliphatic rings. The van der Waals surface area contributed by atoms with Crippen molar-refractivity contribution in [1.82, 2.24) is 19.7 Å². The van der Waals surface area contributed by atoms with Crippen LogP contribution >= 0.6 is 0 Å². The lowest BCUT2D eigenvalue weighted by Crippen LogP contribution is -2.04. The summed E-state index contributed by atoms with van der Waals surface area (Å²) >= 11 is 0. The molecule has 0 bridgehead atoms. The van der Waals surface area contributed by atoms with Gasteiger partial charge in [0.15, 0.2) is 5.82 Å². The monoisotopic (exact) mass is 308 g/mol. The van der Waals surface area contributed by atoms with E-state index in [1.54, 1.807) is 6.07 Å². The topological polar surface area (TPSA) is 43.6 Å². The van der Waals surface area contributed by atoms with Crippen LogP contribution in [0.4, 0.5) is 4.39 Å². The van der Waals surface area contributed by atoms with E-state index in [1.807, 2.05) is 35.8 Å². The smallest absolute Gasteiger partial charge is 0.187 e. The lowest BCUT2D eigenvalue weighted by molar-refractivity contribution is 0.564. The van der Waals surface area contributed by atoms with Crippen molar-refractivity contribution in [2.24, 2.45) is 5.92 Å². The molecule has 0 saturated heterocycles. The maximum Gasteiger partial charge on any atom is 0.187 e. The second-order valence-electron chi connectivity index (χ2n) is 6.23. The van der Waals surface area contributed by atoms with Gasteiger partial charge in [-0.3, -0.25) is 4.57 Å². The first kappa shape index (κ1) is 14.1. The Kier molecular flexibility index (Phi) is 3.22. The summed E-state index contributed by atoms with van der Waals surface area (Å²) in [6.07, 6.45) is 1.65. The van der Waals surface area contributed by atoms with Gasteiger partial charge in [-0.25, -0.2) is 9.37 Å². The highest BCUT2D eigenvalue weighted by Crippen LogP contribution is 2.30. The molecule has 0 N–H and O–H groups in total. The average Bonchev–Trinajstić information content (AvgIpc) is 2.85. The molecule has 0 fully saturated rings. The fraction of sp³-hybridized carbons (Fsp3) is 0.278. The van der Waals surface area contributed by atoms with Crippen molar-refractivity contribution in [1.29, 1.82) is 0 Å². The summed E-state index contributed by atoms with van der Waals surface area (Å²) in [6, 6.07) is 10.8. The van der Waals surface area contributed by atoms with E-state index in [0.717, 1.165) is 41.3 Å². The Hall–Kier alpha value is -2.56. The number of hydrogen-bond donors (Lipinski definition) is 0. The standard InChI is InChI=1S/C18H17FN4/c1-11-8-13-10-14(19)6-7-16(13)23-17(9-11)21-22-18(23)15-5-3-4-12(2)20-15/h3-7,10-11H,8-9H2,1-2H3. The zero-order chi connectivity index (χ0) is 16.0. The molecule has 0 saturated carbocycles. The van der Waals surface area contributed by atoms with Crippen molar-refractivity contribution in [3.05, 3.63) is 59.3 Å². The van der Waals surface area contributed by atoms with Gasteiger partial charge in [-0.1, -0.05) is 13.0 Å². The zero-order valence-corrected chi connectivity index (χ0v) is 13.1. The summed E-state index contributed by atoms with van der Waals surface area (Å²) in [5, 5.41) is 8.74. The van der Waals surface area contributed by atoms with Gasteiger partial charge in [-0.2, -0.15) is 0 Å². The minimum atomic E-state index is -0.206. The first-order chi connectivity index (χ1) is 11.1. The molecule has 1 atom stereocenters. The molecule has 0 aliphatic carbocycles. The summed E-state index contributed by atoms with van der Waals surface area (Å²) in [7, 11) is 0. The highest BCUT2D eigenvalue weighted by Gasteiger charge is 2.24. The molecule has 1 unspecified atom stereocenters. The van der Waals surface area contributed by atoms with Crippen molar-refractivity contribution >= 4 is 0 Å². The Balaban J connectivity index is 1.97. The fourth-order valence-corrected chi connectivity index (χ4v) is 3.23. The second kappa shape index (κ2) is 5.26. The summed E-state index contributed by atoms with van der Waals surface area (Å²) in [5.74, 6) is 1.80. The molecular weight excluding hydrogens is 291 g/mol. The van der Waals surface area contributed by atoms with E-state index < -0.39 is 0 Å². The normalized spacial score (nSPS) is 16.6. The molecule has 2 aromatic heterocycles. The molecule has 4 rings (SSSR count). The van der Waals surface area contributed by atoms with Crippen LogP contribution in [-0.2, 0) is 12.8 Å². The first-order valence-corrected chi connectivity index (χ1v) is 7.79. The Labute approximate surface area is 134 Å². The van der Waals surface area contributed by atoms with Gasteiger partial charge in [-0.15, -0.1) is 10.2 Å². The van der Waals surface area contributed by atoms with Gasteiger partial charge in [0.25, 0.3) is 0 Å². The van der Waals surface area contributed by atoms with Crippen LogP contribution in [0, 0.1) is 18.7 Å². The van der Waals surface area contributed by atoms with Gasteiger partial charge in [0.2, 0.25) is 0 Å². The van der Waals surface area contributed by atoms with E-state index in [2.05, 4.69) is 22.1 Å². The predicted octanol–water partition coefficient (Wildman–Crippen LogP) is 3.51. The number of rotatable bonds is 1. The van der Waals surface area contributed by atoms with Crippen molar-refractivity contribution in [2.45, 2.75) is 26.7 Å². The molecule has 23 heavy (non-hydrogen) atoms. The molecular formula is C18H17FN4. The molecule has 4 nitrogen and oxygen atoms in total. The largest absolute Gasteiger partial charge is 0.277 e. The number of hydrogen-bond acceptors (Lipinski definition) is 3. The summed E-state index contributed by atoms with van der Waals surface area (Å²) in [4.78, 5) is 4.57. The molecule has 1 aromatic carbocycles. The first-order valence-electron chi connectivity index (χ1n) is 7.79. The van der Waals surface area contributed by atoms with Gasteiger partial charge in [0, 0.05) is 12.1 Å². The molecule has 116 valence electrons. The number of fused-ring (bicyclic) bond motifs is 3. The van der Waals surface area contributed by atoms with Crippen LogP contribution < -0.4 is 0 Å². The van der Waals surface area contributed by atoms with Crippen LogP contribution in [0.25, 0.3) is 17.2 Å². The van der Waals surface area contributed by atoms with Gasteiger partial charge in [-0.05, 0) is 55.2 Å². The van der Waals surface area contributed by atoms with Crippen LogP contribution in [0.1, 0.15) is 24.0 Å². The maximum atomic E-state index is 13.7. The van der Waals surface area contributed by atoms with Crippen LogP contribution in [0.3, 0.4) is 0 Å². The minimum Gasteiger partial charge on any atom is -0.277 e. The lowest BCUT2D eigenvalue weighted by atomic mass is 9.98. The van der Waals surface area contributed by atoms with Crippen LogP contribution in [0.5, 0.6) is 0 Å². The van der Waals surface area contributed by atoms with Gasteiger partial charge in [0.1, 0.15) is 17.3 Å². The van der Waals surface area contributed by atoms with Gasteiger partial charge in [0.05, 0.1) is 5.69 Å². The predicted molar refractivity (Wildman–Crippen MR) is 85.9 cm³/mol. The third-order valence-electron chi connectivity index (χ3n) is 4.23. The van der Waals surface area contributed by atoms with Gasteiger partial charge < -0.3 is 0 Å². The maximum absolute atomic E-state index is 13.7. The van der Waals surface area contributed by atoms with E-state index >= 15 is 0 Å². The van der Waals surface area contributed by atoms with Gasteiger partial charge >= 0.3 is 0 Å². The summed E-state index contributed by atoms with van der Waals surface area (Å²) in [6.45, 7) is 4.11. The molecule has 3 aromatic rings. The van der Waals surface area contributed by atoms with Crippen LogP contribution in [0.2, 0.25) is 0 Å². The lowest BCUT2D eigenvalue weighted by Gasteiger charge is -2.12.